The van der Waals surface area contributed by atoms with E-state index in [9.17, 15) is 0 Å². The first-order valence-electron chi connectivity index (χ1n) is 8.94. The van der Waals surface area contributed by atoms with Crippen molar-refractivity contribution in [2.45, 2.75) is 32.7 Å². The fourth-order valence-electron chi connectivity index (χ4n) is 3.10. The lowest BCUT2D eigenvalue weighted by Gasteiger charge is -2.40. The average molecular weight is 324 g/mol. The number of aliphatic imine (C=N–C) groups is 1. The summed E-state index contributed by atoms with van der Waals surface area (Å²) in [6, 6.07) is 0.557. The number of unbranched alkanes of at least 4 members (excludes halogenated alkanes) is 1. The molecule has 0 saturated carbocycles. The van der Waals surface area contributed by atoms with Gasteiger partial charge in [-0.15, -0.1) is 6.58 Å². The number of nitrogens with one attached hydrogen (secondary N) is 1. The van der Waals surface area contributed by atoms with E-state index in [0.717, 1.165) is 45.0 Å². The van der Waals surface area contributed by atoms with Gasteiger partial charge in [0.1, 0.15) is 0 Å². The molecular weight excluding hydrogens is 286 g/mol. The van der Waals surface area contributed by atoms with Gasteiger partial charge in [0.2, 0.25) is 0 Å². The molecule has 1 aliphatic heterocycles. The van der Waals surface area contributed by atoms with Crippen LogP contribution >= 0.6 is 0 Å². The lowest BCUT2D eigenvalue weighted by molar-refractivity contribution is 0.0897. The van der Waals surface area contributed by atoms with Crippen molar-refractivity contribution in [1.82, 2.24) is 20.0 Å². The highest BCUT2D eigenvalue weighted by molar-refractivity contribution is 5.79. The summed E-state index contributed by atoms with van der Waals surface area (Å²) in [5, 5.41) is 3.58. The van der Waals surface area contributed by atoms with Gasteiger partial charge in [-0.25, -0.2) is 0 Å². The number of allylic oxidation sites excluding steroid dienone is 1. The van der Waals surface area contributed by atoms with E-state index in [2.05, 4.69) is 59.5 Å². The Morgan fingerprint density at radius 3 is 2.48 bits per heavy atom. The van der Waals surface area contributed by atoms with Crippen LogP contribution in [-0.4, -0.2) is 87.1 Å². The summed E-state index contributed by atoms with van der Waals surface area (Å²) in [5.74, 6) is 1.63. The SMILES string of the molecule is C=CCCCN(C)C(=NC)NCC(C(C)C)N1CCN(C)CC1. The minimum absolute atomic E-state index is 0.557. The molecule has 0 radical (unpaired) electrons. The van der Waals surface area contributed by atoms with Gasteiger partial charge in [0, 0.05) is 59.4 Å². The van der Waals surface area contributed by atoms with Crippen molar-refractivity contribution >= 4 is 5.96 Å². The van der Waals surface area contributed by atoms with Crippen LogP contribution in [0.2, 0.25) is 0 Å². The molecule has 1 N–H and O–H groups in total. The Bertz CT molecular complexity index is 358. The fourth-order valence-corrected chi connectivity index (χ4v) is 3.10. The lowest BCUT2D eigenvalue weighted by Crippen LogP contribution is -2.55. The molecule has 0 aliphatic carbocycles. The normalized spacial score (nSPS) is 19.0. The number of hydrogen-bond donors (Lipinski definition) is 1. The molecule has 0 amide bonds. The molecule has 0 bridgehead atoms. The summed E-state index contributed by atoms with van der Waals surface area (Å²) in [7, 11) is 6.19. The molecule has 1 aliphatic rings. The smallest absolute Gasteiger partial charge is 0.193 e. The van der Waals surface area contributed by atoms with E-state index in [1.165, 1.54) is 13.1 Å². The lowest BCUT2D eigenvalue weighted by atomic mass is 10.0. The van der Waals surface area contributed by atoms with Crippen molar-refractivity contribution in [2.75, 3.05) is 60.4 Å². The molecule has 0 aromatic rings. The fraction of sp³-hybridized carbons (Fsp3) is 0.833. The number of guanidine groups is 1. The Morgan fingerprint density at radius 1 is 1.30 bits per heavy atom. The molecule has 5 nitrogen and oxygen atoms in total. The van der Waals surface area contributed by atoms with Crippen molar-refractivity contribution in [3.05, 3.63) is 12.7 Å². The van der Waals surface area contributed by atoms with E-state index in [1.807, 2.05) is 13.1 Å². The summed E-state index contributed by atoms with van der Waals surface area (Å²) in [6.45, 7) is 15.0. The molecule has 1 heterocycles. The van der Waals surface area contributed by atoms with Gasteiger partial charge in [0.05, 0.1) is 0 Å². The minimum atomic E-state index is 0.557. The van der Waals surface area contributed by atoms with E-state index in [-0.39, 0.29) is 0 Å². The topological polar surface area (TPSA) is 34.1 Å². The van der Waals surface area contributed by atoms with Crippen LogP contribution < -0.4 is 5.32 Å². The Kier molecular flexibility index (Phi) is 9.26. The molecule has 0 aromatic heterocycles. The summed E-state index contributed by atoms with van der Waals surface area (Å²) >= 11 is 0. The molecule has 1 fully saturated rings. The van der Waals surface area contributed by atoms with Crippen LogP contribution in [0.4, 0.5) is 0 Å². The molecule has 134 valence electrons. The van der Waals surface area contributed by atoms with Crippen LogP contribution in [0.25, 0.3) is 0 Å². The van der Waals surface area contributed by atoms with Crippen LogP contribution in [-0.2, 0) is 0 Å². The third-order valence-electron chi connectivity index (χ3n) is 4.72. The highest BCUT2D eigenvalue weighted by Crippen LogP contribution is 2.13. The Morgan fingerprint density at radius 2 is 1.96 bits per heavy atom. The third kappa shape index (κ3) is 6.92. The number of rotatable bonds is 8. The first-order chi connectivity index (χ1) is 11.0. The Balaban J connectivity index is 2.50. The van der Waals surface area contributed by atoms with Crippen LogP contribution in [0.3, 0.4) is 0 Å². The maximum Gasteiger partial charge on any atom is 0.193 e. The molecule has 1 atom stereocenters. The predicted molar refractivity (Wildman–Crippen MR) is 101 cm³/mol. The van der Waals surface area contributed by atoms with Crippen LogP contribution in [0.15, 0.2) is 17.6 Å². The number of piperazine rings is 1. The standard InChI is InChI=1S/C18H37N5/c1-7-8-9-10-22(6)18(19-4)20-15-17(16(2)3)23-13-11-21(5)12-14-23/h7,16-17H,1,8-15H2,2-6H3,(H,19,20). The van der Waals surface area contributed by atoms with Gasteiger partial charge in [-0.1, -0.05) is 19.9 Å². The van der Waals surface area contributed by atoms with Crippen molar-refractivity contribution in [1.29, 1.82) is 0 Å². The second-order valence-electron chi connectivity index (χ2n) is 6.93. The molecular formula is C18H37N5. The predicted octanol–water partition coefficient (Wildman–Crippen LogP) is 1.73. The summed E-state index contributed by atoms with van der Waals surface area (Å²) < 4.78 is 0. The molecule has 0 aromatic carbocycles. The zero-order chi connectivity index (χ0) is 17.2. The third-order valence-corrected chi connectivity index (χ3v) is 4.72. The zero-order valence-corrected chi connectivity index (χ0v) is 15.9. The van der Waals surface area contributed by atoms with E-state index in [0.29, 0.717) is 12.0 Å². The van der Waals surface area contributed by atoms with Gasteiger partial charge in [-0.2, -0.15) is 0 Å². The van der Waals surface area contributed by atoms with Gasteiger partial charge < -0.3 is 15.1 Å². The van der Waals surface area contributed by atoms with E-state index >= 15 is 0 Å². The van der Waals surface area contributed by atoms with Gasteiger partial charge in [0.25, 0.3) is 0 Å². The van der Waals surface area contributed by atoms with Gasteiger partial charge in [-0.3, -0.25) is 9.89 Å². The molecule has 23 heavy (non-hydrogen) atoms. The largest absolute Gasteiger partial charge is 0.355 e. The molecule has 1 unspecified atom stereocenters. The maximum atomic E-state index is 4.43. The maximum absolute atomic E-state index is 4.43. The van der Waals surface area contributed by atoms with Crippen molar-refractivity contribution < 1.29 is 0 Å². The van der Waals surface area contributed by atoms with Crippen molar-refractivity contribution in [3.63, 3.8) is 0 Å². The summed E-state index contributed by atoms with van der Waals surface area (Å²) in [4.78, 5) is 11.7. The first kappa shape index (κ1) is 20.0. The van der Waals surface area contributed by atoms with Crippen LogP contribution in [0, 0.1) is 5.92 Å². The molecule has 1 rings (SSSR count). The first-order valence-corrected chi connectivity index (χ1v) is 8.94. The van der Waals surface area contributed by atoms with Crippen LogP contribution in [0.5, 0.6) is 0 Å². The quantitative estimate of drug-likeness (QED) is 0.319. The molecule has 1 saturated heterocycles. The van der Waals surface area contributed by atoms with Crippen LogP contribution in [0.1, 0.15) is 26.7 Å². The van der Waals surface area contributed by atoms with Crippen molar-refractivity contribution in [2.24, 2.45) is 10.9 Å². The summed E-state index contributed by atoms with van der Waals surface area (Å²) in [5.41, 5.74) is 0. The van der Waals surface area contributed by atoms with Gasteiger partial charge >= 0.3 is 0 Å². The summed E-state index contributed by atoms with van der Waals surface area (Å²) in [6.07, 6.45) is 4.15. The average Bonchev–Trinajstić information content (AvgIpc) is 2.52. The monoisotopic (exact) mass is 323 g/mol. The second kappa shape index (κ2) is 10.7. The van der Waals surface area contributed by atoms with E-state index in [1.54, 1.807) is 0 Å². The van der Waals surface area contributed by atoms with Gasteiger partial charge in [-0.05, 0) is 25.8 Å². The molecule has 0 spiro atoms. The highest BCUT2D eigenvalue weighted by Gasteiger charge is 2.25. The second-order valence-corrected chi connectivity index (χ2v) is 6.93. The van der Waals surface area contributed by atoms with Crippen molar-refractivity contribution in [3.8, 4) is 0 Å². The zero-order valence-electron chi connectivity index (χ0n) is 15.9. The van der Waals surface area contributed by atoms with Gasteiger partial charge in [0.15, 0.2) is 5.96 Å². The minimum Gasteiger partial charge on any atom is -0.355 e. The van der Waals surface area contributed by atoms with E-state index in [4.69, 9.17) is 0 Å². The Labute approximate surface area is 143 Å². The molecule has 5 heteroatoms. The number of nitrogens with zero attached hydrogens (tertiary/aromatic N) is 4. The Hall–Kier alpha value is -1.07. The van der Waals surface area contributed by atoms with E-state index < -0.39 is 0 Å². The highest BCUT2D eigenvalue weighted by atomic mass is 15.3. The number of hydrogen-bond acceptors (Lipinski definition) is 3. The number of likely N-dealkylation sites (N-methyl/N-ethyl adjacent to an activating group) is 1.